The van der Waals surface area contributed by atoms with Crippen molar-refractivity contribution in [3.8, 4) is 11.5 Å². The molecule has 1 aromatic carbocycles. The van der Waals surface area contributed by atoms with E-state index in [1.165, 1.54) is 64.5 Å². The Morgan fingerprint density at radius 2 is 1.89 bits per heavy atom. The summed E-state index contributed by atoms with van der Waals surface area (Å²) < 4.78 is 10.7. The molecule has 0 unspecified atom stereocenters. The molecular formula is C23H36N2O3. The molecule has 2 aliphatic rings. The van der Waals surface area contributed by atoms with Gasteiger partial charge in [0.25, 0.3) is 5.91 Å². The van der Waals surface area contributed by atoms with Crippen molar-refractivity contribution in [1.82, 2.24) is 10.2 Å². The number of rotatable bonds is 9. The largest absolute Gasteiger partial charge is 0.493 e. The molecule has 1 N–H and O–H groups in total. The number of hydrogen-bond donors (Lipinski definition) is 1. The average molecular weight is 389 g/mol. The highest BCUT2D eigenvalue weighted by atomic mass is 16.5. The lowest BCUT2D eigenvalue weighted by Crippen LogP contribution is -2.41. The molecule has 2 fully saturated rings. The Bertz CT molecular complexity index is 628. The topological polar surface area (TPSA) is 50.8 Å². The lowest BCUT2D eigenvalue weighted by Gasteiger charge is -2.33. The minimum atomic E-state index is -0.0888. The maximum Gasteiger partial charge on any atom is 0.255 e. The standard InChI is InChI=1S/C23H36N2O3/c1-27-21-13-5-12-20(22(21)28-2)23(26)24-16-19-11-7-15-25(17-19)14-6-10-18-8-3-4-9-18/h5,12-13,18-19H,3-4,6-11,14-17H2,1-2H3,(H,24,26)/t19-/m1/s1. The van der Waals surface area contributed by atoms with Crippen LogP contribution in [0.3, 0.4) is 0 Å². The van der Waals surface area contributed by atoms with Crippen molar-refractivity contribution in [3.05, 3.63) is 23.8 Å². The van der Waals surface area contributed by atoms with Crippen LogP contribution in [-0.2, 0) is 0 Å². The SMILES string of the molecule is COc1cccc(C(=O)NC[C@H]2CCCN(CCCC3CCCC3)C2)c1OC. The summed E-state index contributed by atoms with van der Waals surface area (Å²) in [5.41, 5.74) is 0.533. The van der Waals surface area contributed by atoms with Crippen molar-refractivity contribution < 1.29 is 14.3 Å². The number of para-hydroxylation sites is 1. The van der Waals surface area contributed by atoms with Gasteiger partial charge in [0, 0.05) is 13.1 Å². The van der Waals surface area contributed by atoms with Gasteiger partial charge in [0.1, 0.15) is 0 Å². The summed E-state index contributed by atoms with van der Waals surface area (Å²) in [6.07, 6.45) is 10.9. The summed E-state index contributed by atoms with van der Waals surface area (Å²) >= 11 is 0. The van der Waals surface area contributed by atoms with Crippen molar-refractivity contribution in [2.75, 3.05) is 40.4 Å². The van der Waals surface area contributed by atoms with Crippen LogP contribution in [0.5, 0.6) is 11.5 Å². The number of nitrogens with one attached hydrogen (secondary N) is 1. The van der Waals surface area contributed by atoms with E-state index in [2.05, 4.69) is 10.2 Å². The summed E-state index contributed by atoms with van der Waals surface area (Å²) in [6.45, 7) is 4.24. The first-order valence-electron chi connectivity index (χ1n) is 10.9. The van der Waals surface area contributed by atoms with E-state index in [0.717, 1.165) is 19.0 Å². The van der Waals surface area contributed by atoms with Gasteiger partial charge in [-0.25, -0.2) is 0 Å². The van der Waals surface area contributed by atoms with Crippen LogP contribution in [0.25, 0.3) is 0 Å². The van der Waals surface area contributed by atoms with Crippen LogP contribution in [0.2, 0.25) is 0 Å². The van der Waals surface area contributed by atoms with E-state index in [1.54, 1.807) is 26.4 Å². The fourth-order valence-corrected chi connectivity index (χ4v) is 4.82. The number of carbonyl (C=O) groups is 1. The van der Waals surface area contributed by atoms with Crippen molar-refractivity contribution >= 4 is 5.91 Å². The highest BCUT2D eigenvalue weighted by Gasteiger charge is 2.22. The molecule has 0 spiro atoms. The molecule has 0 aromatic heterocycles. The third kappa shape index (κ3) is 5.63. The first kappa shape index (κ1) is 21.0. The molecule has 3 rings (SSSR count). The monoisotopic (exact) mass is 388 g/mol. The van der Waals surface area contributed by atoms with Gasteiger partial charge in [0.05, 0.1) is 19.8 Å². The molecule has 1 atom stereocenters. The van der Waals surface area contributed by atoms with Gasteiger partial charge in [-0.1, -0.05) is 31.7 Å². The van der Waals surface area contributed by atoms with Gasteiger partial charge < -0.3 is 19.7 Å². The van der Waals surface area contributed by atoms with Crippen molar-refractivity contribution in [3.63, 3.8) is 0 Å². The van der Waals surface area contributed by atoms with Crippen molar-refractivity contribution in [2.24, 2.45) is 11.8 Å². The summed E-state index contributed by atoms with van der Waals surface area (Å²) in [5, 5.41) is 3.11. The van der Waals surface area contributed by atoms with Gasteiger partial charge in [0.15, 0.2) is 11.5 Å². The van der Waals surface area contributed by atoms with E-state index in [9.17, 15) is 4.79 Å². The van der Waals surface area contributed by atoms with Crippen LogP contribution in [0.15, 0.2) is 18.2 Å². The highest BCUT2D eigenvalue weighted by molar-refractivity contribution is 5.97. The molecule has 5 nitrogen and oxygen atoms in total. The Balaban J connectivity index is 1.44. The predicted molar refractivity (Wildman–Crippen MR) is 112 cm³/mol. The molecule has 1 saturated carbocycles. The summed E-state index contributed by atoms with van der Waals surface area (Å²) in [7, 11) is 3.15. The molecule has 1 aromatic rings. The van der Waals surface area contributed by atoms with E-state index in [-0.39, 0.29) is 5.91 Å². The average Bonchev–Trinajstić information content (AvgIpc) is 3.25. The summed E-state index contributed by atoms with van der Waals surface area (Å²) in [5.74, 6) is 2.51. The molecular weight excluding hydrogens is 352 g/mol. The molecule has 1 heterocycles. The second kappa shape index (κ2) is 10.7. The van der Waals surface area contributed by atoms with Crippen LogP contribution in [0.4, 0.5) is 0 Å². The van der Waals surface area contributed by atoms with E-state index >= 15 is 0 Å². The van der Waals surface area contributed by atoms with Gasteiger partial charge in [-0.3, -0.25) is 4.79 Å². The molecule has 1 saturated heterocycles. The number of methoxy groups -OCH3 is 2. The Kier molecular flexibility index (Phi) is 8.01. The van der Waals surface area contributed by atoms with Gasteiger partial charge in [-0.2, -0.15) is 0 Å². The van der Waals surface area contributed by atoms with Gasteiger partial charge in [0.2, 0.25) is 0 Å². The van der Waals surface area contributed by atoms with Gasteiger partial charge >= 0.3 is 0 Å². The number of carbonyl (C=O) groups excluding carboxylic acids is 1. The molecule has 28 heavy (non-hydrogen) atoms. The van der Waals surface area contributed by atoms with E-state index in [1.807, 2.05) is 6.07 Å². The number of piperidine rings is 1. The Morgan fingerprint density at radius 1 is 1.11 bits per heavy atom. The molecule has 5 heteroatoms. The second-order valence-corrected chi connectivity index (χ2v) is 8.35. The summed E-state index contributed by atoms with van der Waals surface area (Å²) in [6, 6.07) is 5.41. The third-order valence-corrected chi connectivity index (χ3v) is 6.36. The fourth-order valence-electron chi connectivity index (χ4n) is 4.82. The van der Waals surface area contributed by atoms with Crippen LogP contribution < -0.4 is 14.8 Å². The molecule has 156 valence electrons. The zero-order valence-electron chi connectivity index (χ0n) is 17.5. The molecule has 0 radical (unpaired) electrons. The maximum atomic E-state index is 12.7. The first-order valence-corrected chi connectivity index (χ1v) is 10.9. The predicted octanol–water partition coefficient (Wildman–Crippen LogP) is 4.12. The number of amides is 1. The fraction of sp³-hybridized carbons (Fsp3) is 0.696. The van der Waals surface area contributed by atoms with Crippen LogP contribution in [-0.4, -0.2) is 51.2 Å². The highest BCUT2D eigenvalue weighted by Crippen LogP contribution is 2.31. The molecule has 0 bridgehead atoms. The Labute approximate surface area is 169 Å². The third-order valence-electron chi connectivity index (χ3n) is 6.36. The minimum absolute atomic E-state index is 0.0888. The summed E-state index contributed by atoms with van der Waals surface area (Å²) in [4.78, 5) is 15.3. The van der Waals surface area contributed by atoms with Crippen LogP contribution >= 0.6 is 0 Å². The van der Waals surface area contributed by atoms with Crippen LogP contribution in [0, 0.1) is 11.8 Å². The minimum Gasteiger partial charge on any atom is -0.493 e. The zero-order chi connectivity index (χ0) is 19.8. The van der Waals surface area contributed by atoms with Gasteiger partial charge in [-0.05, 0) is 62.7 Å². The Hall–Kier alpha value is -1.75. The maximum absolute atomic E-state index is 12.7. The van der Waals surface area contributed by atoms with E-state index < -0.39 is 0 Å². The second-order valence-electron chi connectivity index (χ2n) is 8.35. The molecule has 1 amide bonds. The number of nitrogens with zero attached hydrogens (tertiary/aromatic N) is 1. The van der Waals surface area contributed by atoms with Crippen LogP contribution in [0.1, 0.15) is 61.7 Å². The number of likely N-dealkylation sites (tertiary alicyclic amines) is 1. The molecule has 1 aliphatic heterocycles. The van der Waals surface area contributed by atoms with Crippen molar-refractivity contribution in [2.45, 2.75) is 51.4 Å². The lowest BCUT2D eigenvalue weighted by molar-refractivity contribution is 0.0928. The first-order chi connectivity index (χ1) is 13.7. The number of ether oxygens (including phenoxy) is 2. The van der Waals surface area contributed by atoms with E-state index in [0.29, 0.717) is 23.0 Å². The lowest BCUT2D eigenvalue weighted by atomic mass is 9.96. The normalized spacial score (nSPS) is 20.9. The molecule has 1 aliphatic carbocycles. The smallest absolute Gasteiger partial charge is 0.255 e. The van der Waals surface area contributed by atoms with Gasteiger partial charge in [-0.15, -0.1) is 0 Å². The quantitative estimate of drug-likeness (QED) is 0.691. The van der Waals surface area contributed by atoms with Crippen molar-refractivity contribution in [1.29, 1.82) is 0 Å². The van der Waals surface area contributed by atoms with E-state index in [4.69, 9.17) is 9.47 Å². The zero-order valence-corrected chi connectivity index (χ0v) is 17.5. The number of benzene rings is 1. The number of hydrogen-bond acceptors (Lipinski definition) is 4. The Morgan fingerprint density at radius 3 is 2.64 bits per heavy atom.